The number of hydrogen-bond donors (Lipinski definition) is 0. The summed E-state index contributed by atoms with van der Waals surface area (Å²) in [6.07, 6.45) is 0. The quantitative estimate of drug-likeness (QED) is 0.203. The SMILES string of the molecule is C1=C(c2ccccc2)OC(c2ccccc2)=CS1=Cc1cc(-c2ccccc2)[te+]c(-c2ccccc2)c1.[O-][Cl+3]([O-])([O-])[O-]. The molecule has 0 saturated heterocycles. The van der Waals surface area contributed by atoms with Crippen molar-refractivity contribution in [2.45, 2.75) is 0 Å². The molecule has 5 aromatic rings. The summed E-state index contributed by atoms with van der Waals surface area (Å²) in [6, 6.07) is 47.2. The molecule has 2 heterocycles. The van der Waals surface area contributed by atoms with Crippen LogP contribution in [0.4, 0.5) is 0 Å². The number of ether oxygens (including phenoxy) is 1. The summed E-state index contributed by atoms with van der Waals surface area (Å²) in [5, 5.41) is 6.91. The summed E-state index contributed by atoms with van der Waals surface area (Å²) in [7, 11) is -5.18. The Labute approximate surface area is 259 Å². The van der Waals surface area contributed by atoms with Gasteiger partial charge in [-0.3, -0.25) is 0 Å². The van der Waals surface area contributed by atoms with Crippen LogP contribution in [0.25, 0.3) is 29.8 Å². The Hall–Kier alpha value is -3.35. The Kier molecular flexibility index (Phi) is 10.2. The smallest absolute Gasteiger partial charge is 0.112 e. The average molecular weight is 709 g/mol. The third kappa shape index (κ3) is 8.82. The van der Waals surface area contributed by atoms with Crippen LogP contribution in [0.15, 0.2) is 144 Å². The van der Waals surface area contributed by atoms with E-state index in [4.69, 9.17) is 23.4 Å². The van der Waals surface area contributed by atoms with E-state index in [0.717, 1.165) is 22.6 Å². The van der Waals surface area contributed by atoms with E-state index >= 15 is 0 Å². The zero-order chi connectivity index (χ0) is 29.4. The fraction of sp³-hybridized carbons (Fsp3) is 0. The van der Waals surface area contributed by atoms with E-state index in [2.05, 4.69) is 138 Å². The second kappa shape index (κ2) is 14.2. The number of halogens is 1. The Morgan fingerprint density at radius 3 is 1.21 bits per heavy atom. The maximum atomic E-state index is 8.49. The molecule has 0 unspecified atom stereocenters. The van der Waals surface area contributed by atoms with Crippen LogP contribution in [0.1, 0.15) is 16.7 Å². The van der Waals surface area contributed by atoms with Gasteiger partial charge in [-0.05, 0) is 0 Å². The molecule has 42 heavy (non-hydrogen) atoms. The Morgan fingerprint density at radius 1 is 0.524 bits per heavy atom. The van der Waals surface area contributed by atoms with Gasteiger partial charge >= 0.3 is 232 Å². The van der Waals surface area contributed by atoms with Crippen LogP contribution in [0.3, 0.4) is 0 Å². The largest absolute Gasteiger partial charge is 0.222 e. The van der Waals surface area contributed by atoms with E-state index in [1.807, 2.05) is 12.1 Å². The predicted octanol–water partition coefficient (Wildman–Crippen LogP) is 4.05. The fourth-order valence-electron chi connectivity index (χ4n) is 4.21. The minimum absolute atomic E-state index is 0.232. The van der Waals surface area contributed by atoms with Crippen LogP contribution in [0, 0.1) is 10.2 Å². The molecule has 1 aromatic heterocycles. The minimum Gasteiger partial charge on any atom is -0.222 e. The molecule has 0 fully saturated rings. The summed E-state index contributed by atoms with van der Waals surface area (Å²) in [5.74, 6) is 1.82. The molecule has 1 aliphatic heterocycles. The molecule has 8 heteroatoms. The summed E-state index contributed by atoms with van der Waals surface area (Å²) in [6.45, 7) is 0. The van der Waals surface area contributed by atoms with E-state index in [1.54, 1.807) is 0 Å². The van der Waals surface area contributed by atoms with Gasteiger partial charge < -0.3 is 0 Å². The van der Waals surface area contributed by atoms with E-state index in [1.165, 1.54) is 23.8 Å². The monoisotopic (exact) mass is 710 g/mol. The molecular formula is C34H25ClO5STe. The van der Waals surface area contributed by atoms with E-state index in [0.29, 0.717) is 0 Å². The van der Waals surface area contributed by atoms with Crippen molar-refractivity contribution in [3.8, 4) is 18.3 Å². The van der Waals surface area contributed by atoms with Gasteiger partial charge in [0.2, 0.25) is 0 Å². The van der Waals surface area contributed by atoms with Crippen LogP contribution < -0.4 is 18.6 Å². The van der Waals surface area contributed by atoms with Gasteiger partial charge in [0.1, 0.15) is 0 Å². The molecule has 0 spiro atoms. The van der Waals surface area contributed by atoms with Crippen molar-refractivity contribution in [2.24, 2.45) is 0 Å². The molecule has 0 amide bonds. The van der Waals surface area contributed by atoms with Gasteiger partial charge in [-0.15, -0.1) is 10.2 Å². The molecule has 0 bridgehead atoms. The number of benzene rings is 4. The summed E-state index contributed by atoms with van der Waals surface area (Å²) in [5.41, 5.74) is 6.10. The van der Waals surface area contributed by atoms with Crippen molar-refractivity contribution in [1.29, 1.82) is 0 Å². The van der Waals surface area contributed by atoms with Crippen molar-refractivity contribution in [2.75, 3.05) is 0 Å². The number of rotatable bonds is 5. The second-order valence-electron chi connectivity index (χ2n) is 9.05. The van der Waals surface area contributed by atoms with Crippen molar-refractivity contribution >= 4 is 47.8 Å². The minimum atomic E-state index is -4.94. The molecule has 0 saturated carbocycles. The van der Waals surface area contributed by atoms with E-state index in [9.17, 15) is 0 Å². The fourth-order valence-corrected chi connectivity index (χ4v) is 8.97. The Bertz CT molecular complexity index is 1600. The van der Waals surface area contributed by atoms with Crippen LogP contribution in [-0.4, -0.2) is 25.8 Å². The van der Waals surface area contributed by atoms with Gasteiger partial charge in [0, 0.05) is 0 Å². The molecule has 6 rings (SSSR count). The van der Waals surface area contributed by atoms with Crippen molar-refractivity contribution in [3.05, 3.63) is 161 Å². The molecule has 210 valence electrons. The predicted molar refractivity (Wildman–Crippen MR) is 161 cm³/mol. The normalized spacial score (nSPS) is 13.1. The first kappa shape index (κ1) is 30.1. The second-order valence-corrected chi connectivity index (χ2v) is 14.4. The summed E-state index contributed by atoms with van der Waals surface area (Å²) in [4.78, 5) is 0. The van der Waals surface area contributed by atoms with Gasteiger partial charge in [-0.2, -0.15) is 0 Å². The van der Waals surface area contributed by atoms with Crippen LogP contribution >= 0.6 is 10.5 Å². The molecule has 0 N–H and O–H groups in total. The maximum absolute atomic E-state index is 8.49. The van der Waals surface area contributed by atoms with Gasteiger partial charge in [-0.1, -0.05) is 0 Å². The van der Waals surface area contributed by atoms with Crippen molar-refractivity contribution < 1.29 is 33.6 Å². The first-order valence-electron chi connectivity index (χ1n) is 12.8. The molecule has 0 atom stereocenters. The third-order valence-corrected chi connectivity index (χ3v) is 10.8. The zero-order valence-corrected chi connectivity index (χ0v) is 26.1. The van der Waals surface area contributed by atoms with E-state index in [-0.39, 0.29) is 10.5 Å². The Balaban J connectivity index is 0.000000652. The molecule has 0 aliphatic carbocycles. The molecule has 1 aliphatic rings. The number of hydrogen-bond acceptors (Lipinski definition) is 5. The average Bonchev–Trinajstić information content (AvgIpc) is 3.02. The van der Waals surface area contributed by atoms with Gasteiger partial charge in [-0.25, -0.2) is 18.6 Å². The van der Waals surface area contributed by atoms with Gasteiger partial charge in [0.15, 0.2) is 0 Å². The van der Waals surface area contributed by atoms with Crippen LogP contribution in [0.2, 0.25) is 0 Å². The zero-order valence-electron chi connectivity index (χ0n) is 22.2. The molecule has 5 nitrogen and oxygen atoms in total. The summed E-state index contributed by atoms with van der Waals surface area (Å²) >= 11 is -0.508. The van der Waals surface area contributed by atoms with Crippen molar-refractivity contribution in [1.82, 2.24) is 0 Å². The first-order chi connectivity index (χ1) is 20.3. The summed E-state index contributed by atoms with van der Waals surface area (Å²) < 4.78 is 43.3. The topological polar surface area (TPSA) is 101 Å². The molecule has 4 aromatic carbocycles. The van der Waals surface area contributed by atoms with Crippen LogP contribution in [-0.2, 0) is 4.74 Å². The van der Waals surface area contributed by atoms with Crippen molar-refractivity contribution in [3.63, 3.8) is 0 Å². The van der Waals surface area contributed by atoms with Gasteiger partial charge in [0.25, 0.3) is 0 Å². The standard InChI is InChI=1S/C34H25OSTe.ClHO4/c1-5-13-27(14-6-1)31-24-36(25-32(35-31)28-15-7-2-8-16-28)23-26-21-33(29-17-9-3-10-18-29)37-34(22-26)30-19-11-4-12-20-30;2-1(3,4)5/h1-25H;(H,2,3,4,5)/q+1;/p-1. The van der Waals surface area contributed by atoms with Gasteiger partial charge in [0.05, 0.1) is 0 Å². The van der Waals surface area contributed by atoms with Crippen LogP contribution in [0.5, 0.6) is 0 Å². The Morgan fingerprint density at radius 2 is 0.857 bits per heavy atom. The van der Waals surface area contributed by atoms with E-state index < -0.39 is 30.7 Å². The first-order valence-corrected chi connectivity index (χ1v) is 17.8. The molecule has 0 radical (unpaired) electrons. The third-order valence-electron chi connectivity index (χ3n) is 6.03. The maximum Gasteiger partial charge on any atom is -0.112 e. The molecular weight excluding hydrogens is 683 g/mol.